The fourth-order valence-electron chi connectivity index (χ4n) is 3.38. The minimum atomic E-state index is -0.638. The molecule has 0 spiro atoms. The number of carbonyl (C=O) groups excluding carboxylic acids is 2. The monoisotopic (exact) mass is 396 g/mol. The predicted molar refractivity (Wildman–Crippen MR) is 118 cm³/mol. The van der Waals surface area contributed by atoms with Gasteiger partial charge in [0.2, 0.25) is 0 Å². The normalized spacial score (nSPS) is 11.1. The maximum absolute atomic E-state index is 12.3. The van der Waals surface area contributed by atoms with Crippen molar-refractivity contribution in [2.24, 2.45) is 0 Å². The third kappa shape index (κ3) is 3.94. The van der Waals surface area contributed by atoms with Gasteiger partial charge in [-0.1, -0.05) is 72.8 Å². The summed E-state index contributed by atoms with van der Waals surface area (Å²) < 4.78 is 11.0. The van der Waals surface area contributed by atoms with Gasteiger partial charge in [-0.15, -0.1) is 0 Å². The van der Waals surface area contributed by atoms with Crippen molar-refractivity contribution in [1.29, 1.82) is 0 Å². The van der Waals surface area contributed by atoms with Gasteiger partial charge in [0.25, 0.3) is 0 Å². The summed E-state index contributed by atoms with van der Waals surface area (Å²) in [5, 5.41) is 3.63. The summed E-state index contributed by atoms with van der Waals surface area (Å²) >= 11 is 0. The minimum absolute atomic E-state index is 0.487. The van der Waals surface area contributed by atoms with Gasteiger partial charge in [-0.3, -0.25) is 0 Å². The van der Waals surface area contributed by atoms with Crippen LogP contribution in [0.1, 0.15) is 11.1 Å². The van der Waals surface area contributed by atoms with Crippen LogP contribution in [0.4, 0.5) is 0 Å². The second kappa shape index (κ2) is 8.21. The molecule has 0 radical (unpaired) electrons. The summed E-state index contributed by atoms with van der Waals surface area (Å²) in [7, 11) is 0. The zero-order chi connectivity index (χ0) is 21.1. The van der Waals surface area contributed by atoms with Gasteiger partial charge < -0.3 is 9.47 Å². The third-order valence-electron chi connectivity index (χ3n) is 4.91. The maximum atomic E-state index is 12.3. The van der Waals surface area contributed by atoms with Crippen LogP contribution in [0.25, 0.3) is 21.5 Å². The summed E-state index contributed by atoms with van der Waals surface area (Å²) in [5.41, 5.74) is 1.67. The van der Waals surface area contributed by atoms with Gasteiger partial charge in [-0.25, -0.2) is 9.59 Å². The van der Waals surface area contributed by atoms with Crippen molar-refractivity contribution in [3.63, 3.8) is 0 Å². The van der Waals surface area contributed by atoms with Gasteiger partial charge in [0.1, 0.15) is 11.5 Å². The average molecular weight is 396 g/mol. The van der Waals surface area contributed by atoms with Crippen molar-refractivity contribution in [3.8, 4) is 11.5 Å². The highest BCUT2D eigenvalue weighted by atomic mass is 16.5. The Bertz CT molecular complexity index is 1200. The molecule has 4 heteroatoms. The van der Waals surface area contributed by atoms with Crippen LogP contribution in [0.2, 0.25) is 0 Å². The molecule has 4 aromatic rings. The van der Waals surface area contributed by atoms with E-state index in [1.54, 1.807) is 0 Å². The molecule has 4 aromatic carbocycles. The quantitative estimate of drug-likeness (QED) is 0.253. The van der Waals surface area contributed by atoms with Gasteiger partial charge >= 0.3 is 11.9 Å². The molecule has 4 nitrogen and oxygen atoms in total. The number of esters is 2. The predicted octanol–water partition coefficient (Wildman–Crippen LogP) is 5.68. The fourth-order valence-corrected chi connectivity index (χ4v) is 3.38. The smallest absolute Gasteiger partial charge is 0.336 e. The number of hydrogen-bond acceptors (Lipinski definition) is 4. The van der Waals surface area contributed by atoms with Crippen LogP contribution in [0, 0.1) is 13.8 Å². The molecule has 0 saturated heterocycles. The second-order valence-corrected chi connectivity index (χ2v) is 7.04. The van der Waals surface area contributed by atoms with Gasteiger partial charge in [0.15, 0.2) is 0 Å². The first-order chi connectivity index (χ1) is 14.5. The summed E-state index contributed by atoms with van der Waals surface area (Å²) in [6.45, 7) is 3.74. The molecule has 0 amide bonds. The number of benzene rings is 4. The van der Waals surface area contributed by atoms with Crippen molar-refractivity contribution in [2.45, 2.75) is 13.8 Å². The van der Waals surface area contributed by atoms with Crippen LogP contribution in [0.15, 0.2) is 84.9 Å². The number of ether oxygens (including phenoxy) is 2. The van der Waals surface area contributed by atoms with E-state index in [-0.39, 0.29) is 0 Å². The van der Waals surface area contributed by atoms with Gasteiger partial charge in [0, 0.05) is 22.9 Å². The Labute approximate surface area is 174 Å². The average Bonchev–Trinajstić information content (AvgIpc) is 2.76. The van der Waals surface area contributed by atoms with E-state index in [2.05, 4.69) is 0 Å². The molecule has 0 aromatic heterocycles. The number of hydrogen-bond donors (Lipinski definition) is 0. The molecule has 4 rings (SSSR count). The van der Waals surface area contributed by atoms with Crippen molar-refractivity contribution >= 4 is 33.5 Å². The largest absolute Gasteiger partial charge is 0.422 e. The SMILES string of the molecule is Cc1ccc2ccccc2c1OC(=O)C=CC(=O)Oc1c(C)ccc2ccccc12. The molecule has 0 atom stereocenters. The van der Waals surface area contributed by atoms with E-state index in [4.69, 9.17) is 9.47 Å². The highest BCUT2D eigenvalue weighted by molar-refractivity contribution is 5.98. The van der Waals surface area contributed by atoms with Crippen LogP contribution in [0.3, 0.4) is 0 Å². The molecule has 0 unspecified atom stereocenters. The molecule has 0 aliphatic heterocycles. The van der Waals surface area contributed by atoms with E-state index in [0.717, 1.165) is 44.8 Å². The van der Waals surface area contributed by atoms with E-state index in [1.165, 1.54) is 0 Å². The maximum Gasteiger partial charge on any atom is 0.336 e. The number of rotatable bonds is 4. The lowest BCUT2D eigenvalue weighted by Gasteiger charge is -2.10. The van der Waals surface area contributed by atoms with E-state index >= 15 is 0 Å². The summed E-state index contributed by atoms with van der Waals surface area (Å²) in [6.07, 6.45) is 2.17. The Morgan fingerprint density at radius 3 is 1.43 bits per heavy atom. The first-order valence-corrected chi connectivity index (χ1v) is 9.61. The van der Waals surface area contributed by atoms with Crippen molar-refractivity contribution in [2.75, 3.05) is 0 Å². The lowest BCUT2D eigenvalue weighted by Crippen LogP contribution is -2.09. The van der Waals surface area contributed by atoms with E-state index in [1.807, 2.05) is 86.6 Å². The Kier molecular flexibility index (Phi) is 5.31. The van der Waals surface area contributed by atoms with Crippen molar-refractivity contribution < 1.29 is 19.1 Å². The van der Waals surface area contributed by atoms with Gasteiger partial charge in [0.05, 0.1) is 0 Å². The van der Waals surface area contributed by atoms with Crippen molar-refractivity contribution in [3.05, 3.63) is 96.1 Å². The highest BCUT2D eigenvalue weighted by Crippen LogP contribution is 2.30. The van der Waals surface area contributed by atoms with Crippen LogP contribution in [-0.2, 0) is 9.59 Å². The number of aryl methyl sites for hydroxylation is 2. The van der Waals surface area contributed by atoms with E-state index < -0.39 is 11.9 Å². The van der Waals surface area contributed by atoms with Gasteiger partial charge in [-0.2, -0.15) is 0 Å². The minimum Gasteiger partial charge on any atom is -0.422 e. The number of carbonyl (C=O) groups is 2. The molecular formula is C26H20O4. The van der Waals surface area contributed by atoms with Crippen molar-refractivity contribution in [1.82, 2.24) is 0 Å². The molecule has 0 bridgehead atoms. The van der Waals surface area contributed by atoms with Gasteiger partial charge in [-0.05, 0) is 35.7 Å². The highest BCUT2D eigenvalue weighted by Gasteiger charge is 2.12. The molecule has 0 aliphatic carbocycles. The van der Waals surface area contributed by atoms with E-state index in [0.29, 0.717) is 11.5 Å². The zero-order valence-corrected chi connectivity index (χ0v) is 16.7. The summed E-state index contributed by atoms with van der Waals surface area (Å²) in [6, 6.07) is 23.1. The molecule has 0 saturated carbocycles. The van der Waals surface area contributed by atoms with Crippen LogP contribution >= 0.6 is 0 Å². The Morgan fingerprint density at radius 2 is 1.00 bits per heavy atom. The molecule has 30 heavy (non-hydrogen) atoms. The summed E-state index contributed by atoms with van der Waals surface area (Å²) in [5.74, 6) is -0.302. The molecule has 148 valence electrons. The Balaban J connectivity index is 1.51. The standard InChI is InChI=1S/C26H20O4/c1-17-11-13-19-7-3-5-9-21(19)25(17)29-23(27)15-16-24(28)30-26-18(2)12-14-20-8-4-6-10-22(20)26/h3-16H,1-2H3. The molecule has 0 heterocycles. The first-order valence-electron chi connectivity index (χ1n) is 9.61. The fraction of sp³-hybridized carbons (Fsp3) is 0.0769. The lowest BCUT2D eigenvalue weighted by molar-refractivity contribution is -0.131. The van der Waals surface area contributed by atoms with Crippen LogP contribution in [0.5, 0.6) is 11.5 Å². The molecular weight excluding hydrogens is 376 g/mol. The topological polar surface area (TPSA) is 52.6 Å². The second-order valence-electron chi connectivity index (χ2n) is 7.04. The lowest BCUT2D eigenvalue weighted by atomic mass is 10.1. The number of fused-ring (bicyclic) bond motifs is 2. The summed E-state index contributed by atoms with van der Waals surface area (Å²) in [4.78, 5) is 24.7. The molecule has 0 N–H and O–H groups in total. The Morgan fingerprint density at radius 1 is 0.600 bits per heavy atom. The van der Waals surface area contributed by atoms with Crippen LogP contribution in [-0.4, -0.2) is 11.9 Å². The third-order valence-corrected chi connectivity index (χ3v) is 4.91. The van der Waals surface area contributed by atoms with Crippen LogP contribution < -0.4 is 9.47 Å². The molecule has 0 aliphatic rings. The Hall–Kier alpha value is -3.92. The zero-order valence-electron chi connectivity index (χ0n) is 16.7. The first kappa shape index (κ1) is 19.4. The van der Waals surface area contributed by atoms with E-state index in [9.17, 15) is 9.59 Å². The molecule has 0 fully saturated rings.